The molecular weight excluding hydrogens is 344 g/mol. The Hall–Kier alpha value is -1.83. The summed E-state index contributed by atoms with van der Waals surface area (Å²) in [6, 6.07) is 6.41. The summed E-state index contributed by atoms with van der Waals surface area (Å²) in [5, 5.41) is 8.57. The van der Waals surface area contributed by atoms with E-state index in [0.717, 1.165) is 19.6 Å². The zero-order chi connectivity index (χ0) is 18.2. The molecule has 1 aliphatic rings. The van der Waals surface area contributed by atoms with Gasteiger partial charge in [-0.1, -0.05) is 11.6 Å². The Bertz CT molecular complexity index is 572. The van der Waals surface area contributed by atoms with Crippen LogP contribution in [0.25, 0.3) is 0 Å². The number of nitrogens with one attached hydrogen (secondary N) is 3. The molecular formula is C17H25ClN4O3. The molecule has 1 fully saturated rings. The fourth-order valence-electron chi connectivity index (χ4n) is 2.76. The SMILES string of the molecule is CC1CN(CCNC(=O)NCC(=O)Nc2ccc(Cl)cc2)CC(C)O1. The molecule has 0 aliphatic carbocycles. The van der Waals surface area contributed by atoms with Gasteiger partial charge in [-0.15, -0.1) is 0 Å². The lowest BCUT2D eigenvalue weighted by Gasteiger charge is -2.35. The van der Waals surface area contributed by atoms with Gasteiger partial charge in [0.25, 0.3) is 0 Å². The van der Waals surface area contributed by atoms with Crippen LogP contribution >= 0.6 is 11.6 Å². The van der Waals surface area contributed by atoms with E-state index < -0.39 is 0 Å². The van der Waals surface area contributed by atoms with Crippen LogP contribution in [-0.4, -0.2) is 61.8 Å². The Balaban J connectivity index is 1.60. The lowest BCUT2D eigenvalue weighted by molar-refractivity contribution is -0.115. The lowest BCUT2D eigenvalue weighted by atomic mass is 10.2. The topological polar surface area (TPSA) is 82.7 Å². The van der Waals surface area contributed by atoms with Crippen LogP contribution in [0.15, 0.2) is 24.3 Å². The molecule has 0 radical (unpaired) electrons. The summed E-state index contributed by atoms with van der Waals surface area (Å²) in [6.45, 7) is 6.98. The molecule has 2 unspecified atom stereocenters. The Morgan fingerprint density at radius 2 is 1.80 bits per heavy atom. The van der Waals surface area contributed by atoms with Gasteiger partial charge < -0.3 is 20.7 Å². The van der Waals surface area contributed by atoms with E-state index >= 15 is 0 Å². The molecule has 138 valence electrons. The molecule has 25 heavy (non-hydrogen) atoms. The van der Waals surface area contributed by atoms with Crippen molar-refractivity contribution in [3.05, 3.63) is 29.3 Å². The van der Waals surface area contributed by atoms with Crippen LogP contribution in [0.1, 0.15) is 13.8 Å². The minimum atomic E-state index is -0.361. The van der Waals surface area contributed by atoms with Gasteiger partial charge in [-0.2, -0.15) is 0 Å². The first-order valence-corrected chi connectivity index (χ1v) is 8.75. The number of anilines is 1. The van der Waals surface area contributed by atoms with Crippen LogP contribution in [0.3, 0.4) is 0 Å². The quantitative estimate of drug-likeness (QED) is 0.713. The summed E-state index contributed by atoms with van der Waals surface area (Å²) in [5.74, 6) is -0.298. The average Bonchev–Trinajstić information content (AvgIpc) is 2.54. The molecule has 3 amide bonds. The van der Waals surface area contributed by atoms with Crippen LogP contribution in [0.2, 0.25) is 5.02 Å². The normalized spacial score (nSPS) is 20.8. The van der Waals surface area contributed by atoms with Gasteiger partial charge in [0.2, 0.25) is 5.91 Å². The second-order valence-electron chi connectivity index (χ2n) is 6.18. The van der Waals surface area contributed by atoms with Crippen LogP contribution < -0.4 is 16.0 Å². The highest BCUT2D eigenvalue weighted by Gasteiger charge is 2.21. The third kappa shape index (κ3) is 7.29. The maximum Gasteiger partial charge on any atom is 0.315 e. The van der Waals surface area contributed by atoms with Crippen molar-refractivity contribution in [1.29, 1.82) is 0 Å². The van der Waals surface area contributed by atoms with E-state index in [1.54, 1.807) is 24.3 Å². The van der Waals surface area contributed by atoms with Gasteiger partial charge in [-0.25, -0.2) is 4.79 Å². The lowest BCUT2D eigenvalue weighted by Crippen LogP contribution is -2.49. The summed E-state index contributed by atoms with van der Waals surface area (Å²) in [6.07, 6.45) is 0.406. The van der Waals surface area contributed by atoms with Crippen LogP contribution in [0.5, 0.6) is 0 Å². The van der Waals surface area contributed by atoms with Gasteiger partial charge in [-0.05, 0) is 38.1 Å². The Morgan fingerprint density at radius 1 is 1.16 bits per heavy atom. The number of amides is 3. The maximum absolute atomic E-state index is 11.8. The van der Waals surface area contributed by atoms with E-state index in [0.29, 0.717) is 17.3 Å². The molecule has 2 rings (SSSR count). The number of urea groups is 1. The van der Waals surface area contributed by atoms with E-state index in [-0.39, 0.29) is 30.7 Å². The van der Waals surface area contributed by atoms with Crippen molar-refractivity contribution in [1.82, 2.24) is 15.5 Å². The highest BCUT2D eigenvalue weighted by molar-refractivity contribution is 6.30. The molecule has 2 atom stereocenters. The van der Waals surface area contributed by atoms with Crippen molar-refractivity contribution in [2.45, 2.75) is 26.1 Å². The van der Waals surface area contributed by atoms with Gasteiger partial charge in [0.15, 0.2) is 0 Å². The predicted molar refractivity (Wildman–Crippen MR) is 97.9 cm³/mol. The predicted octanol–water partition coefficient (Wildman–Crippen LogP) is 1.69. The summed E-state index contributed by atoms with van der Waals surface area (Å²) >= 11 is 5.78. The standard InChI is InChI=1S/C17H25ClN4O3/c1-12-10-22(11-13(2)25-12)8-7-19-17(24)20-9-16(23)21-15-5-3-14(18)4-6-15/h3-6,12-13H,7-11H2,1-2H3,(H,21,23)(H2,19,20,24). The first kappa shape index (κ1) is 19.5. The third-order valence-electron chi connectivity index (χ3n) is 3.75. The molecule has 0 saturated carbocycles. The van der Waals surface area contributed by atoms with E-state index in [1.807, 2.05) is 13.8 Å². The molecule has 8 heteroatoms. The van der Waals surface area contributed by atoms with Crippen molar-refractivity contribution in [3.63, 3.8) is 0 Å². The number of ether oxygens (including phenoxy) is 1. The summed E-state index contributed by atoms with van der Waals surface area (Å²) < 4.78 is 5.67. The molecule has 7 nitrogen and oxygen atoms in total. The number of rotatable bonds is 6. The van der Waals surface area contributed by atoms with Gasteiger partial charge in [-0.3, -0.25) is 9.69 Å². The Labute approximate surface area is 153 Å². The summed E-state index contributed by atoms with van der Waals surface area (Å²) in [7, 11) is 0. The highest BCUT2D eigenvalue weighted by atomic mass is 35.5. The molecule has 1 aromatic carbocycles. The summed E-state index contributed by atoms with van der Waals surface area (Å²) in [5.41, 5.74) is 0.632. The smallest absolute Gasteiger partial charge is 0.315 e. The number of morpholine rings is 1. The summed E-state index contributed by atoms with van der Waals surface area (Å²) in [4.78, 5) is 25.8. The number of benzene rings is 1. The van der Waals surface area contributed by atoms with E-state index in [2.05, 4.69) is 20.9 Å². The molecule has 1 saturated heterocycles. The molecule has 0 spiro atoms. The number of nitrogens with zero attached hydrogens (tertiary/aromatic N) is 1. The number of carbonyl (C=O) groups excluding carboxylic acids is 2. The zero-order valence-corrected chi connectivity index (χ0v) is 15.3. The first-order valence-electron chi connectivity index (χ1n) is 8.37. The molecule has 0 aromatic heterocycles. The van der Waals surface area contributed by atoms with Crippen LogP contribution in [0.4, 0.5) is 10.5 Å². The molecule has 1 heterocycles. The molecule has 1 aliphatic heterocycles. The number of hydrogen-bond donors (Lipinski definition) is 3. The van der Waals surface area contributed by atoms with Gasteiger partial charge >= 0.3 is 6.03 Å². The van der Waals surface area contributed by atoms with Gasteiger partial charge in [0, 0.05) is 36.9 Å². The largest absolute Gasteiger partial charge is 0.373 e. The molecule has 3 N–H and O–H groups in total. The number of hydrogen-bond acceptors (Lipinski definition) is 4. The van der Waals surface area contributed by atoms with E-state index in [1.165, 1.54) is 0 Å². The second kappa shape index (κ2) is 9.60. The van der Waals surface area contributed by atoms with Crippen molar-refractivity contribution in [2.24, 2.45) is 0 Å². The van der Waals surface area contributed by atoms with Gasteiger partial charge in [0.1, 0.15) is 0 Å². The second-order valence-corrected chi connectivity index (χ2v) is 6.62. The van der Waals surface area contributed by atoms with Crippen molar-refractivity contribution in [2.75, 3.05) is 38.0 Å². The molecule has 1 aromatic rings. The third-order valence-corrected chi connectivity index (χ3v) is 4.00. The monoisotopic (exact) mass is 368 g/mol. The van der Waals surface area contributed by atoms with E-state index in [9.17, 15) is 9.59 Å². The number of carbonyl (C=O) groups is 2. The Morgan fingerprint density at radius 3 is 2.44 bits per heavy atom. The van der Waals surface area contributed by atoms with E-state index in [4.69, 9.17) is 16.3 Å². The van der Waals surface area contributed by atoms with Crippen LogP contribution in [-0.2, 0) is 9.53 Å². The fraction of sp³-hybridized carbons (Fsp3) is 0.529. The van der Waals surface area contributed by atoms with Crippen LogP contribution in [0, 0.1) is 0 Å². The van der Waals surface area contributed by atoms with Gasteiger partial charge in [0.05, 0.1) is 18.8 Å². The fourth-order valence-corrected chi connectivity index (χ4v) is 2.88. The first-order chi connectivity index (χ1) is 11.9. The minimum Gasteiger partial charge on any atom is -0.373 e. The molecule has 0 bridgehead atoms. The number of halogens is 1. The Kier molecular flexibility index (Phi) is 7.49. The zero-order valence-electron chi connectivity index (χ0n) is 14.5. The maximum atomic E-state index is 11.8. The minimum absolute atomic E-state index is 0.0971. The average molecular weight is 369 g/mol. The highest BCUT2D eigenvalue weighted by Crippen LogP contribution is 2.13. The van der Waals surface area contributed by atoms with Crippen molar-refractivity contribution in [3.8, 4) is 0 Å². The van der Waals surface area contributed by atoms with Crippen molar-refractivity contribution >= 4 is 29.2 Å². The van der Waals surface area contributed by atoms with Crippen molar-refractivity contribution < 1.29 is 14.3 Å².